The number of carbonyl (C=O) groups excluding carboxylic acids is 1. The van der Waals surface area contributed by atoms with Crippen LogP contribution in [-0.2, 0) is 0 Å². The minimum Gasteiger partial charge on any atom is -0.457 e. The monoisotopic (exact) mass is 299 g/mol. The van der Waals surface area contributed by atoms with E-state index in [4.69, 9.17) is 4.74 Å². The van der Waals surface area contributed by atoms with Crippen LogP contribution in [0.25, 0.3) is 0 Å². The predicted octanol–water partition coefficient (Wildman–Crippen LogP) is 1.74. The third-order valence-electron chi connectivity index (χ3n) is 3.23. The first-order chi connectivity index (χ1) is 10.6. The van der Waals surface area contributed by atoms with Crippen molar-refractivity contribution in [3.05, 3.63) is 60.2 Å². The largest absolute Gasteiger partial charge is 0.457 e. The number of nitrogens with one attached hydrogen (secondary N) is 2. The molecule has 2 N–H and O–H groups in total. The smallest absolute Gasteiger partial charge is 0.251 e. The van der Waals surface area contributed by atoms with E-state index in [1.165, 1.54) is 4.90 Å². The SMILES string of the molecule is C[NH+](C)CCCNC(=O)c1ccc(Oc2ccccc2)cc1. The van der Waals surface area contributed by atoms with Gasteiger partial charge in [0.25, 0.3) is 5.91 Å². The van der Waals surface area contributed by atoms with E-state index in [1.54, 1.807) is 12.1 Å². The molecule has 4 heteroatoms. The number of rotatable bonds is 7. The fourth-order valence-electron chi connectivity index (χ4n) is 2.04. The summed E-state index contributed by atoms with van der Waals surface area (Å²) < 4.78 is 5.70. The van der Waals surface area contributed by atoms with Gasteiger partial charge in [-0.25, -0.2) is 0 Å². The topological polar surface area (TPSA) is 42.8 Å². The summed E-state index contributed by atoms with van der Waals surface area (Å²) in [5.74, 6) is 1.46. The fourth-order valence-corrected chi connectivity index (χ4v) is 2.04. The van der Waals surface area contributed by atoms with Crippen molar-refractivity contribution in [1.29, 1.82) is 0 Å². The predicted molar refractivity (Wildman–Crippen MR) is 87.6 cm³/mol. The van der Waals surface area contributed by atoms with Gasteiger partial charge in [-0.05, 0) is 36.4 Å². The van der Waals surface area contributed by atoms with Gasteiger partial charge in [0.1, 0.15) is 11.5 Å². The van der Waals surface area contributed by atoms with E-state index in [1.807, 2.05) is 42.5 Å². The van der Waals surface area contributed by atoms with Crippen LogP contribution in [0.4, 0.5) is 0 Å². The van der Waals surface area contributed by atoms with Crippen molar-refractivity contribution in [3.63, 3.8) is 0 Å². The molecule has 0 radical (unpaired) electrons. The second-order valence-corrected chi connectivity index (χ2v) is 5.51. The minimum absolute atomic E-state index is 0.0417. The van der Waals surface area contributed by atoms with Crippen molar-refractivity contribution >= 4 is 5.91 Å². The molecule has 1 amide bonds. The van der Waals surface area contributed by atoms with Crippen molar-refractivity contribution in [2.24, 2.45) is 0 Å². The Hall–Kier alpha value is -2.33. The molecule has 0 heterocycles. The highest BCUT2D eigenvalue weighted by molar-refractivity contribution is 5.94. The Kier molecular flexibility index (Phi) is 5.98. The normalized spacial score (nSPS) is 10.5. The number of carbonyl (C=O) groups is 1. The first kappa shape index (κ1) is 16.0. The van der Waals surface area contributed by atoms with Gasteiger partial charge in [0, 0.05) is 18.5 Å². The van der Waals surface area contributed by atoms with Gasteiger partial charge < -0.3 is 15.0 Å². The Morgan fingerprint density at radius 1 is 1.00 bits per heavy atom. The molecule has 0 spiro atoms. The zero-order valence-corrected chi connectivity index (χ0v) is 13.1. The van der Waals surface area contributed by atoms with Crippen LogP contribution in [0.1, 0.15) is 16.8 Å². The lowest BCUT2D eigenvalue weighted by Gasteiger charge is -2.09. The number of benzene rings is 2. The van der Waals surface area contributed by atoms with Gasteiger partial charge in [0.2, 0.25) is 0 Å². The molecule has 4 nitrogen and oxygen atoms in total. The molecule has 0 aliphatic heterocycles. The average Bonchev–Trinajstić information content (AvgIpc) is 2.53. The molecule has 2 rings (SSSR count). The number of hydrogen-bond acceptors (Lipinski definition) is 2. The van der Waals surface area contributed by atoms with Crippen LogP contribution in [0, 0.1) is 0 Å². The number of para-hydroxylation sites is 1. The van der Waals surface area contributed by atoms with Crippen LogP contribution in [0.2, 0.25) is 0 Å². The maximum Gasteiger partial charge on any atom is 0.251 e. The van der Waals surface area contributed by atoms with Gasteiger partial charge in [-0.1, -0.05) is 18.2 Å². The standard InChI is InChI=1S/C18H22N2O2/c1-20(2)14-6-13-19-18(21)15-9-11-17(12-10-15)22-16-7-4-3-5-8-16/h3-5,7-12H,6,13-14H2,1-2H3,(H,19,21)/p+1. The van der Waals surface area contributed by atoms with Crippen LogP contribution in [0.15, 0.2) is 54.6 Å². The molecule has 0 aliphatic rings. The Balaban J connectivity index is 1.84. The summed E-state index contributed by atoms with van der Waals surface area (Å²) in [7, 11) is 4.21. The lowest BCUT2D eigenvalue weighted by molar-refractivity contribution is -0.858. The Morgan fingerprint density at radius 2 is 1.64 bits per heavy atom. The molecule has 2 aromatic carbocycles. The summed E-state index contributed by atoms with van der Waals surface area (Å²) >= 11 is 0. The first-order valence-corrected chi connectivity index (χ1v) is 7.55. The molecule has 0 saturated carbocycles. The maximum atomic E-state index is 12.0. The van der Waals surface area contributed by atoms with Crippen molar-refractivity contribution < 1.29 is 14.4 Å². The highest BCUT2D eigenvalue weighted by Crippen LogP contribution is 2.20. The van der Waals surface area contributed by atoms with Crippen LogP contribution in [-0.4, -0.2) is 33.1 Å². The fraction of sp³-hybridized carbons (Fsp3) is 0.278. The lowest BCUT2D eigenvalue weighted by atomic mass is 10.2. The average molecular weight is 299 g/mol. The quantitative estimate of drug-likeness (QED) is 0.765. The highest BCUT2D eigenvalue weighted by Gasteiger charge is 2.05. The molecule has 2 aromatic rings. The first-order valence-electron chi connectivity index (χ1n) is 7.55. The van der Waals surface area contributed by atoms with Crippen molar-refractivity contribution in [2.45, 2.75) is 6.42 Å². The van der Waals surface area contributed by atoms with E-state index in [-0.39, 0.29) is 5.91 Å². The molecule has 0 unspecified atom stereocenters. The zero-order chi connectivity index (χ0) is 15.8. The van der Waals surface area contributed by atoms with E-state index in [9.17, 15) is 4.79 Å². The molecule has 22 heavy (non-hydrogen) atoms. The van der Waals surface area contributed by atoms with E-state index >= 15 is 0 Å². The van der Waals surface area contributed by atoms with E-state index in [0.29, 0.717) is 12.1 Å². The summed E-state index contributed by atoms with van der Waals surface area (Å²) in [5, 5.41) is 2.93. The molecule has 0 aromatic heterocycles. The third kappa shape index (κ3) is 5.22. The van der Waals surface area contributed by atoms with Gasteiger partial charge in [-0.15, -0.1) is 0 Å². The number of quaternary nitrogens is 1. The van der Waals surface area contributed by atoms with Crippen LogP contribution < -0.4 is 15.0 Å². The minimum atomic E-state index is -0.0417. The van der Waals surface area contributed by atoms with Gasteiger partial charge in [0.05, 0.1) is 20.6 Å². The third-order valence-corrected chi connectivity index (χ3v) is 3.23. The van der Waals surface area contributed by atoms with E-state index < -0.39 is 0 Å². The Labute approximate surface area is 131 Å². The Bertz CT molecular complexity index is 580. The summed E-state index contributed by atoms with van der Waals surface area (Å²) in [4.78, 5) is 13.4. The van der Waals surface area contributed by atoms with Gasteiger partial charge in [0.15, 0.2) is 0 Å². The Morgan fingerprint density at radius 3 is 2.27 bits per heavy atom. The van der Waals surface area contributed by atoms with Crippen molar-refractivity contribution in [3.8, 4) is 11.5 Å². The van der Waals surface area contributed by atoms with E-state index in [0.717, 1.165) is 24.5 Å². The van der Waals surface area contributed by atoms with Gasteiger partial charge >= 0.3 is 0 Å². The van der Waals surface area contributed by atoms with E-state index in [2.05, 4.69) is 19.4 Å². The maximum absolute atomic E-state index is 12.0. The molecule has 0 aliphatic carbocycles. The zero-order valence-electron chi connectivity index (χ0n) is 13.1. The second-order valence-electron chi connectivity index (χ2n) is 5.51. The summed E-state index contributed by atoms with van der Waals surface area (Å²) in [6.45, 7) is 1.75. The number of amides is 1. The van der Waals surface area contributed by atoms with Crippen LogP contribution >= 0.6 is 0 Å². The molecule has 116 valence electrons. The van der Waals surface area contributed by atoms with Crippen LogP contribution in [0.5, 0.6) is 11.5 Å². The summed E-state index contributed by atoms with van der Waals surface area (Å²) in [6.07, 6.45) is 0.975. The summed E-state index contributed by atoms with van der Waals surface area (Å²) in [6, 6.07) is 16.8. The molecular formula is C18H23N2O2+. The second kappa shape index (κ2) is 8.20. The van der Waals surface area contributed by atoms with Crippen LogP contribution in [0.3, 0.4) is 0 Å². The number of hydrogen-bond donors (Lipinski definition) is 2. The van der Waals surface area contributed by atoms with Gasteiger partial charge in [-0.3, -0.25) is 4.79 Å². The van der Waals surface area contributed by atoms with Gasteiger partial charge in [-0.2, -0.15) is 0 Å². The van der Waals surface area contributed by atoms with Crippen molar-refractivity contribution in [1.82, 2.24) is 5.32 Å². The molecule has 0 saturated heterocycles. The molecule has 0 atom stereocenters. The van der Waals surface area contributed by atoms with Crippen molar-refractivity contribution in [2.75, 3.05) is 27.2 Å². The summed E-state index contributed by atoms with van der Waals surface area (Å²) in [5.41, 5.74) is 0.651. The molecule has 0 bridgehead atoms. The molecule has 0 fully saturated rings. The molecular weight excluding hydrogens is 276 g/mol. The lowest BCUT2D eigenvalue weighted by Crippen LogP contribution is -3.05. The number of ether oxygens (including phenoxy) is 1. The highest BCUT2D eigenvalue weighted by atomic mass is 16.5.